The van der Waals surface area contributed by atoms with Gasteiger partial charge in [0.25, 0.3) is 0 Å². The quantitative estimate of drug-likeness (QED) is 0.517. The van der Waals surface area contributed by atoms with E-state index in [1.165, 1.54) is 0 Å². The molecule has 0 spiro atoms. The zero-order chi connectivity index (χ0) is 19.0. The first-order valence-electron chi connectivity index (χ1n) is 8.07. The van der Waals surface area contributed by atoms with Crippen molar-refractivity contribution in [3.05, 3.63) is 66.2 Å². The molecule has 0 amide bonds. The third-order valence-electron chi connectivity index (χ3n) is 4.21. The van der Waals surface area contributed by atoms with Crippen LogP contribution in [0.1, 0.15) is 11.5 Å². The molecule has 0 aliphatic heterocycles. The Hall–Kier alpha value is -3.29. The van der Waals surface area contributed by atoms with Crippen LogP contribution in [-0.4, -0.2) is 21.8 Å². The molecule has 4 rings (SSSR count). The lowest BCUT2D eigenvalue weighted by atomic mass is 10.1. The van der Waals surface area contributed by atoms with Crippen LogP contribution < -0.4 is 4.74 Å². The highest BCUT2D eigenvalue weighted by molar-refractivity contribution is 5.81. The molecule has 4 aromatic rings. The van der Waals surface area contributed by atoms with E-state index >= 15 is 0 Å². The molecular formula is C19H14F3N3O2. The van der Waals surface area contributed by atoms with Crippen LogP contribution in [-0.2, 0) is 12.7 Å². The number of fused-ring (bicyclic) bond motifs is 1. The van der Waals surface area contributed by atoms with E-state index in [-0.39, 0.29) is 5.82 Å². The van der Waals surface area contributed by atoms with E-state index in [9.17, 15) is 13.2 Å². The highest BCUT2D eigenvalue weighted by Gasteiger charge is 2.38. The van der Waals surface area contributed by atoms with Crippen molar-refractivity contribution in [3.63, 3.8) is 0 Å². The number of aromatic nitrogens is 3. The summed E-state index contributed by atoms with van der Waals surface area (Å²) in [6.07, 6.45) is -2.67. The molecule has 138 valence electrons. The van der Waals surface area contributed by atoms with Crippen LogP contribution in [0.5, 0.6) is 5.75 Å². The predicted octanol–water partition coefficient (Wildman–Crippen LogP) is 4.77. The largest absolute Gasteiger partial charge is 0.497 e. The van der Waals surface area contributed by atoms with Gasteiger partial charge >= 0.3 is 12.1 Å². The minimum Gasteiger partial charge on any atom is -0.497 e. The smallest absolute Gasteiger partial charge is 0.471 e. The summed E-state index contributed by atoms with van der Waals surface area (Å²) < 4.78 is 49.3. The predicted molar refractivity (Wildman–Crippen MR) is 92.3 cm³/mol. The summed E-state index contributed by atoms with van der Waals surface area (Å²) in [4.78, 5) is 3.39. The number of nitrogens with zero attached hydrogens (tertiary/aromatic N) is 3. The van der Waals surface area contributed by atoms with Gasteiger partial charge in [-0.1, -0.05) is 29.4 Å². The molecule has 0 N–H and O–H groups in total. The van der Waals surface area contributed by atoms with Crippen molar-refractivity contribution < 1.29 is 22.4 Å². The molecule has 0 saturated heterocycles. The first-order valence-corrected chi connectivity index (χ1v) is 8.07. The summed E-state index contributed by atoms with van der Waals surface area (Å²) in [5.41, 5.74) is 2.51. The average molecular weight is 373 g/mol. The molecule has 0 unspecified atom stereocenters. The van der Waals surface area contributed by atoms with E-state index in [2.05, 4.69) is 19.2 Å². The fourth-order valence-electron chi connectivity index (χ4n) is 2.85. The molecule has 0 radical (unpaired) electrons. The number of benzene rings is 2. The molecule has 27 heavy (non-hydrogen) atoms. The zero-order valence-corrected chi connectivity index (χ0v) is 14.2. The summed E-state index contributed by atoms with van der Waals surface area (Å²) in [6.45, 7) is 0.621. The number of rotatable bonds is 4. The molecule has 0 atom stereocenters. The van der Waals surface area contributed by atoms with Gasteiger partial charge < -0.3 is 13.8 Å². The lowest BCUT2D eigenvalue weighted by Crippen LogP contribution is -2.04. The number of alkyl halides is 3. The maximum atomic E-state index is 12.6. The molecule has 0 saturated carbocycles. The third-order valence-corrected chi connectivity index (χ3v) is 4.21. The van der Waals surface area contributed by atoms with Gasteiger partial charge in [0.1, 0.15) is 5.75 Å². The van der Waals surface area contributed by atoms with Crippen molar-refractivity contribution in [3.8, 4) is 17.1 Å². The number of ether oxygens (including phenoxy) is 1. The topological polar surface area (TPSA) is 53.1 Å². The van der Waals surface area contributed by atoms with Gasteiger partial charge in [0.2, 0.25) is 5.82 Å². The number of methoxy groups -OCH3 is 1. The Morgan fingerprint density at radius 3 is 2.52 bits per heavy atom. The Morgan fingerprint density at radius 1 is 1.07 bits per heavy atom. The second-order valence-corrected chi connectivity index (χ2v) is 5.99. The van der Waals surface area contributed by atoms with Crippen molar-refractivity contribution in [1.82, 2.24) is 14.7 Å². The van der Waals surface area contributed by atoms with Crippen LogP contribution in [0.15, 0.2) is 59.3 Å². The fraction of sp³-hybridized carbons (Fsp3) is 0.158. The Bertz CT molecular complexity index is 1080. The van der Waals surface area contributed by atoms with Crippen LogP contribution in [0.2, 0.25) is 0 Å². The Kier molecular flexibility index (Phi) is 4.10. The van der Waals surface area contributed by atoms with Crippen molar-refractivity contribution in [2.75, 3.05) is 7.11 Å². The van der Waals surface area contributed by atoms with Crippen molar-refractivity contribution in [2.24, 2.45) is 0 Å². The summed E-state index contributed by atoms with van der Waals surface area (Å²) in [6, 6.07) is 14.9. The molecule has 0 aliphatic rings. The molecule has 0 bridgehead atoms. The molecule has 2 aromatic heterocycles. The lowest BCUT2D eigenvalue weighted by molar-refractivity contribution is -0.159. The van der Waals surface area contributed by atoms with E-state index in [0.29, 0.717) is 12.1 Å². The summed E-state index contributed by atoms with van der Waals surface area (Å²) in [5.74, 6) is -0.647. The van der Waals surface area contributed by atoms with Gasteiger partial charge in [-0.3, -0.25) is 0 Å². The van der Waals surface area contributed by atoms with Crippen LogP contribution in [0, 0.1) is 0 Å². The highest BCUT2D eigenvalue weighted by Crippen LogP contribution is 2.29. The van der Waals surface area contributed by atoms with E-state index in [1.807, 2.05) is 42.6 Å². The zero-order valence-electron chi connectivity index (χ0n) is 14.2. The fourth-order valence-corrected chi connectivity index (χ4v) is 2.85. The summed E-state index contributed by atoms with van der Waals surface area (Å²) >= 11 is 0. The van der Waals surface area contributed by atoms with Crippen molar-refractivity contribution in [1.29, 1.82) is 0 Å². The van der Waals surface area contributed by atoms with Crippen LogP contribution >= 0.6 is 0 Å². The normalized spacial score (nSPS) is 11.9. The van der Waals surface area contributed by atoms with E-state index in [0.717, 1.165) is 22.2 Å². The Morgan fingerprint density at radius 2 is 1.85 bits per heavy atom. The standard InChI is InChI=1S/C19H14F3N3O2/c1-26-15-6-7-16-14(10-15)8-9-25(16)11-12-2-4-13(5-3-12)17-23-18(27-24-17)19(20,21)22/h2-10H,11H2,1H3. The molecule has 2 heterocycles. The highest BCUT2D eigenvalue weighted by atomic mass is 19.4. The van der Waals surface area contributed by atoms with E-state index in [1.54, 1.807) is 19.2 Å². The maximum Gasteiger partial charge on any atom is 0.471 e. The summed E-state index contributed by atoms with van der Waals surface area (Å²) in [5, 5.41) is 4.46. The Labute approximate surface area is 152 Å². The van der Waals surface area contributed by atoms with Crippen LogP contribution in [0.3, 0.4) is 0 Å². The van der Waals surface area contributed by atoms with Crippen LogP contribution in [0.4, 0.5) is 13.2 Å². The minimum absolute atomic E-state index is 0.0904. The second kappa shape index (κ2) is 6.46. The monoisotopic (exact) mass is 373 g/mol. The van der Waals surface area contributed by atoms with Gasteiger partial charge in [-0.05, 0) is 29.8 Å². The van der Waals surface area contributed by atoms with Gasteiger partial charge in [-0.2, -0.15) is 18.2 Å². The Balaban J connectivity index is 1.55. The molecule has 8 heteroatoms. The van der Waals surface area contributed by atoms with Crippen molar-refractivity contribution in [2.45, 2.75) is 12.7 Å². The molecular weight excluding hydrogens is 359 g/mol. The van der Waals surface area contributed by atoms with Gasteiger partial charge in [0.05, 0.1) is 7.11 Å². The number of hydrogen-bond donors (Lipinski definition) is 0. The summed E-state index contributed by atoms with van der Waals surface area (Å²) in [7, 11) is 1.63. The van der Waals surface area contributed by atoms with Gasteiger partial charge in [0.15, 0.2) is 0 Å². The average Bonchev–Trinajstić information content (AvgIpc) is 3.29. The van der Waals surface area contributed by atoms with Crippen LogP contribution in [0.25, 0.3) is 22.3 Å². The first kappa shape index (κ1) is 17.1. The minimum atomic E-state index is -4.65. The van der Waals surface area contributed by atoms with Crippen molar-refractivity contribution >= 4 is 10.9 Å². The van der Waals surface area contributed by atoms with Gasteiger partial charge in [0, 0.05) is 29.2 Å². The van der Waals surface area contributed by atoms with Gasteiger partial charge in [-0.15, -0.1) is 0 Å². The number of hydrogen-bond acceptors (Lipinski definition) is 4. The van der Waals surface area contributed by atoms with E-state index in [4.69, 9.17) is 4.74 Å². The maximum absolute atomic E-state index is 12.6. The third kappa shape index (κ3) is 3.38. The SMILES string of the molecule is COc1ccc2c(ccn2Cc2ccc(-c3noc(C(F)(F)F)n3)cc2)c1. The molecule has 0 fully saturated rings. The number of halogens is 3. The molecule has 5 nitrogen and oxygen atoms in total. The molecule has 0 aliphatic carbocycles. The molecule has 2 aromatic carbocycles. The van der Waals surface area contributed by atoms with Gasteiger partial charge in [-0.25, -0.2) is 0 Å². The lowest BCUT2D eigenvalue weighted by Gasteiger charge is -2.07. The van der Waals surface area contributed by atoms with E-state index < -0.39 is 12.1 Å². The second-order valence-electron chi connectivity index (χ2n) is 5.99. The first-order chi connectivity index (χ1) is 12.9.